The highest BCUT2D eigenvalue weighted by Crippen LogP contribution is 2.42. The molecule has 0 radical (unpaired) electrons. The lowest BCUT2D eigenvalue weighted by atomic mass is 9.99. The Kier molecular flexibility index (Phi) is 2.58. The molecule has 1 aromatic carbocycles. The van der Waals surface area contributed by atoms with Gasteiger partial charge in [0.15, 0.2) is 6.29 Å². The summed E-state index contributed by atoms with van der Waals surface area (Å²) in [5.74, 6) is -0.238. The molecule has 2 rings (SSSR count). The largest absolute Gasteiger partial charge is 0.506 e. The van der Waals surface area contributed by atoms with Gasteiger partial charge in [0, 0.05) is 0 Å². The number of carbonyl (C=O) groups excluding carboxylic acids is 1. The quantitative estimate of drug-likeness (QED) is 0.493. The molecule has 0 atom stereocenters. The van der Waals surface area contributed by atoms with Gasteiger partial charge in [-0.05, 0) is 26.0 Å². The molecule has 18 heavy (non-hydrogen) atoms. The van der Waals surface area contributed by atoms with E-state index in [2.05, 4.69) is 0 Å². The summed E-state index contributed by atoms with van der Waals surface area (Å²) in [6, 6.07) is 1.16. The predicted molar refractivity (Wildman–Crippen MR) is 63.9 cm³/mol. The summed E-state index contributed by atoms with van der Waals surface area (Å²) in [5.41, 5.74) is -1.14. The van der Waals surface area contributed by atoms with E-state index >= 15 is 0 Å². The van der Waals surface area contributed by atoms with Gasteiger partial charge >= 0.3 is 0 Å². The molecule has 0 saturated heterocycles. The van der Waals surface area contributed by atoms with Crippen molar-refractivity contribution in [3.8, 4) is 11.5 Å². The Morgan fingerprint density at radius 3 is 2.72 bits per heavy atom. The Labute approximate surface area is 103 Å². The van der Waals surface area contributed by atoms with Gasteiger partial charge in [-0.15, -0.1) is 0 Å². The average molecular weight is 249 g/mol. The lowest BCUT2D eigenvalue weighted by Gasteiger charge is -2.28. The fraction of sp³-hybridized carbons (Fsp3) is 0.250. The molecule has 1 aromatic rings. The maximum Gasteiger partial charge on any atom is 0.287 e. The molecule has 6 nitrogen and oxygen atoms in total. The smallest absolute Gasteiger partial charge is 0.287 e. The maximum atomic E-state index is 10.8. The number of aldehydes is 1. The van der Waals surface area contributed by atoms with Crippen molar-refractivity contribution in [2.24, 2.45) is 0 Å². The van der Waals surface area contributed by atoms with Crippen molar-refractivity contribution in [2.75, 3.05) is 0 Å². The molecule has 0 bridgehead atoms. The number of nitro groups is 1. The zero-order valence-corrected chi connectivity index (χ0v) is 9.84. The molecular formula is C12H11NO5. The lowest BCUT2D eigenvalue weighted by Crippen LogP contribution is -2.27. The number of hydrogen-bond donors (Lipinski definition) is 1. The van der Waals surface area contributed by atoms with E-state index in [1.807, 2.05) is 0 Å². The minimum absolute atomic E-state index is 0.192. The SMILES string of the molecule is CC1(C)C=Cc2c(cc([N+](=O)[O-])c(C=O)c2O)O1. The van der Waals surface area contributed by atoms with Crippen LogP contribution in [0.1, 0.15) is 29.8 Å². The molecule has 0 spiro atoms. The Bertz CT molecular complexity index is 574. The van der Waals surface area contributed by atoms with Gasteiger partial charge in [0.1, 0.15) is 22.7 Å². The number of nitrogens with zero attached hydrogens (tertiary/aromatic N) is 1. The molecule has 0 saturated carbocycles. The van der Waals surface area contributed by atoms with Crippen molar-refractivity contribution in [1.29, 1.82) is 0 Å². The second-order valence-corrected chi connectivity index (χ2v) is 4.48. The number of phenolic OH excluding ortho intramolecular Hbond substituents is 1. The van der Waals surface area contributed by atoms with Crippen molar-refractivity contribution in [2.45, 2.75) is 19.4 Å². The number of benzene rings is 1. The molecule has 0 aromatic heterocycles. The van der Waals surface area contributed by atoms with Crippen LogP contribution in [-0.2, 0) is 0 Å². The summed E-state index contributed by atoms with van der Waals surface area (Å²) in [6.45, 7) is 3.56. The van der Waals surface area contributed by atoms with Gasteiger partial charge in [-0.3, -0.25) is 14.9 Å². The summed E-state index contributed by atoms with van der Waals surface area (Å²) in [4.78, 5) is 21.0. The number of phenols is 1. The molecule has 0 amide bonds. The van der Waals surface area contributed by atoms with E-state index in [4.69, 9.17) is 4.74 Å². The van der Waals surface area contributed by atoms with E-state index in [-0.39, 0.29) is 23.2 Å². The molecule has 1 aliphatic rings. The van der Waals surface area contributed by atoms with Crippen molar-refractivity contribution < 1.29 is 19.6 Å². The van der Waals surface area contributed by atoms with E-state index in [1.54, 1.807) is 26.0 Å². The maximum absolute atomic E-state index is 10.8. The Balaban J connectivity index is 2.71. The molecule has 1 heterocycles. The topological polar surface area (TPSA) is 89.7 Å². The molecule has 0 aliphatic carbocycles. The Morgan fingerprint density at radius 2 is 2.17 bits per heavy atom. The first-order valence-electron chi connectivity index (χ1n) is 5.23. The van der Waals surface area contributed by atoms with Crippen molar-refractivity contribution in [1.82, 2.24) is 0 Å². The summed E-state index contributed by atoms with van der Waals surface area (Å²) in [6.07, 6.45) is 3.56. The molecule has 0 fully saturated rings. The third-order valence-electron chi connectivity index (χ3n) is 2.66. The normalized spacial score (nSPS) is 15.7. The second kappa shape index (κ2) is 3.83. The first kappa shape index (κ1) is 12.1. The second-order valence-electron chi connectivity index (χ2n) is 4.48. The Hall–Kier alpha value is -2.37. The lowest BCUT2D eigenvalue weighted by molar-refractivity contribution is -0.385. The van der Waals surface area contributed by atoms with Crippen LogP contribution in [0.4, 0.5) is 5.69 Å². The Morgan fingerprint density at radius 1 is 1.50 bits per heavy atom. The summed E-state index contributed by atoms with van der Waals surface area (Å²) in [5, 5.41) is 20.7. The number of carbonyl (C=O) groups is 1. The van der Waals surface area contributed by atoms with E-state index in [1.165, 1.54) is 0 Å². The van der Waals surface area contributed by atoms with Crippen LogP contribution < -0.4 is 4.74 Å². The number of nitro benzene ring substituents is 1. The van der Waals surface area contributed by atoms with Gasteiger partial charge in [0.05, 0.1) is 16.6 Å². The molecule has 1 N–H and O–H groups in total. The van der Waals surface area contributed by atoms with E-state index in [9.17, 15) is 20.0 Å². The van der Waals surface area contributed by atoms with Crippen molar-refractivity contribution in [3.05, 3.63) is 33.4 Å². The van der Waals surface area contributed by atoms with Crippen molar-refractivity contribution >= 4 is 18.0 Å². The summed E-state index contributed by atoms with van der Waals surface area (Å²) in [7, 11) is 0. The van der Waals surface area contributed by atoms with Crippen LogP contribution >= 0.6 is 0 Å². The summed E-state index contributed by atoms with van der Waals surface area (Å²) >= 11 is 0. The number of hydrogen-bond acceptors (Lipinski definition) is 5. The zero-order valence-electron chi connectivity index (χ0n) is 9.84. The van der Waals surface area contributed by atoms with E-state index < -0.39 is 22.0 Å². The van der Waals surface area contributed by atoms with Crippen LogP contribution in [0.3, 0.4) is 0 Å². The number of rotatable bonds is 2. The van der Waals surface area contributed by atoms with E-state index in [0.29, 0.717) is 0 Å². The highest BCUT2D eigenvalue weighted by Gasteiger charge is 2.29. The van der Waals surface area contributed by atoms with Crippen LogP contribution in [0.15, 0.2) is 12.1 Å². The average Bonchev–Trinajstić information content (AvgIpc) is 2.26. The van der Waals surface area contributed by atoms with Crippen LogP contribution in [0.25, 0.3) is 6.08 Å². The molecule has 0 unspecified atom stereocenters. The van der Waals surface area contributed by atoms with Gasteiger partial charge in [0.25, 0.3) is 5.69 Å². The van der Waals surface area contributed by atoms with Crippen LogP contribution in [0.5, 0.6) is 11.5 Å². The van der Waals surface area contributed by atoms with Crippen LogP contribution in [0.2, 0.25) is 0 Å². The standard InChI is InChI=1S/C12H11NO5/c1-12(2)4-3-7-10(18-12)5-9(13(16)17)8(6-14)11(7)15/h3-6,15H,1-2H3. The van der Waals surface area contributed by atoms with E-state index in [0.717, 1.165) is 6.07 Å². The third-order valence-corrected chi connectivity index (χ3v) is 2.66. The predicted octanol–water partition coefficient (Wildman–Crippen LogP) is 2.30. The molecular weight excluding hydrogens is 238 g/mol. The molecule has 94 valence electrons. The number of ether oxygens (including phenoxy) is 1. The minimum atomic E-state index is -0.724. The summed E-state index contributed by atoms with van der Waals surface area (Å²) < 4.78 is 5.52. The van der Waals surface area contributed by atoms with Gasteiger partial charge in [0.2, 0.25) is 0 Å². The fourth-order valence-electron chi connectivity index (χ4n) is 1.78. The van der Waals surface area contributed by atoms with Gasteiger partial charge in [-0.2, -0.15) is 0 Å². The third kappa shape index (κ3) is 1.81. The van der Waals surface area contributed by atoms with Gasteiger partial charge < -0.3 is 9.84 Å². The first-order valence-corrected chi connectivity index (χ1v) is 5.23. The molecule has 6 heteroatoms. The van der Waals surface area contributed by atoms with Crippen LogP contribution in [0, 0.1) is 10.1 Å². The number of aromatic hydroxyl groups is 1. The monoisotopic (exact) mass is 249 g/mol. The fourth-order valence-corrected chi connectivity index (χ4v) is 1.78. The molecule has 1 aliphatic heterocycles. The van der Waals surface area contributed by atoms with Crippen LogP contribution in [-0.4, -0.2) is 21.9 Å². The zero-order chi connectivity index (χ0) is 13.5. The first-order chi connectivity index (χ1) is 8.35. The highest BCUT2D eigenvalue weighted by atomic mass is 16.6. The van der Waals surface area contributed by atoms with Gasteiger partial charge in [-0.1, -0.05) is 0 Å². The number of fused-ring (bicyclic) bond motifs is 1. The highest BCUT2D eigenvalue weighted by molar-refractivity contribution is 5.90. The van der Waals surface area contributed by atoms with Gasteiger partial charge in [-0.25, -0.2) is 0 Å². The van der Waals surface area contributed by atoms with Crippen molar-refractivity contribution in [3.63, 3.8) is 0 Å². The minimum Gasteiger partial charge on any atom is -0.506 e.